The standard InChI is InChI=1S/C9H10N2O3/c1-6(9(13)14-10)8(12)7-4-2-3-5-11-7/h2-6H,10H2,1H3. The molecular formula is C9H10N2O3. The molecule has 74 valence electrons. The molecule has 14 heavy (non-hydrogen) atoms. The summed E-state index contributed by atoms with van der Waals surface area (Å²) in [6, 6.07) is 4.88. The van der Waals surface area contributed by atoms with Gasteiger partial charge >= 0.3 is 5.97 Å². The third-order valence-corrected chi connectivity index (χ3v) is 1.78. The Morgan fingerprint density at radius 2 is 2.21 bits per heavy atom. The molecule has 1 rings (SSSR count). The zero-order valence-corrected chi connectivity index (χ0v) is 7.64. The van der Waals surface area contributed by atoms with Gasteiger partial charge in [0.25, 0.3) is 0 Å². The van der Waals surface area contributed by atoms with E-state index < -0.39 is 17.7 Å². The minimum atomic E-state index is -0.921. The van der Waals surface area contributed by atoms with Crippen molar-refractivity contribution in [2.75, 3.05) is 0 Å². The van der Waals surface area contributed by atoms with Gasteiger partial charge in [-0.2, -0.15) is 5.90 Å². The van der Waals surface area contributed by atoms with Crippen LogP contribution in [0, 0.1) is 5.92 Å². The number of hydrogen-bond donors (Lipinski definition) is 1. The van der Waals surface area contributed by atoms with Crippen LogP contribution in [0.5, 0.6) is 0 Å². The van der Waals surface area contributed by atoms with E-state index in [2.05, 4.69) is 15.7 Å². The molecule has 1 atom stereocenters. The van der Waals surface area contributed by atoms with Gasteiger partial charge in [-0.3, -0.25) is 9.78 Å². The van der Waals surface area contributed by atoms with Gasteiger partial charge in [-0.1, -0.05) is 6.07 Å². The van der Waals surface area contributed by atoms with Crippen molar-refractivity contribution in [1.82, 2.24) is 4.98 Å². The van der Waals surface area contributed by atoms with Crippen molar-refractivity contribution in [2.45, 2.75) is 6.92 Å². The number of rotatable bonds is 3. The molecule has 1 aromatic heterocycles. The van der Waals surface area contributed by atoms with Crippen LogP contribution in [0.4, 0.5) is 0 Å². The van der Waals surface area contributed by atoms with Gasteiger partial charge in [-0.05, 0) is 19.1 Å². The van der Waals surface area contributed by atoms with Gasteiger partial charge in [-0.15, -0.1) is 0 Å². The highest BCUT2D eigenvalue weighted by atomic mass is 16.7. The highest BCUT2D eigenvalue weighted by molar-refractivity contribution is 6.07. The first-order chi connectivity index (χ1) is 6.66. The fraction of sp³-hybridized carbons (Fsp3) is 0.222. The van der Waals surface area contributed by atoms with E-state index in [9.17, 15) is 9.59 Å². The smallest absolute Gasteiger partial charge is 0.335 e. The quantitative estimate of drug-likeness (QED) is 0.425. The van der Waals surface area contributed by atoms with Crippen molar-refractivity contribution in [2.24, 2.45) is 11.8 Å². The molecule has 0 spiro atoms. The van der Waals surface area contributed by atoms with Gasteiger partial charge < -0.3 is 4.84 Å². The highest BCUT2D eigenvalue weighted by Gasteiger charge is 2.24. The molecule has 0 radical (unpaired) electrons. The van der Waals surface area contributed by atoms with Gasteiger partial charge in [0.05, 0.1) is 0 Å². The summed E-state index contributed by atoms with van der Waals surface area (Å²) in [5.41, 5.74) is 0.227. The van der Waals surface area contributed by atoms with E-state index >= 15 is 0 Å². The second-order valence-corrected chi connectivity index (χ2v) is 2.74. The molecule has 0 aliphatic rings. The van der Waals surface area contributed by atoms with Crippen molar-refractivity contribution in [3.8, 4) is 0 Å². The van der Waals surface area contributed by atoms with E-state index in [0.29, 0.717) is 0 Å². The van der Waals surface area contributed by atoms with Crippen LogP contribution in [0.25, 0.3) is 0 Å². The third kappa shape index (κ3) is 2.14. The maximum Gasteiger partial charge on any atom is 0.335 e. The highest BCUT2D eigenvalue weighted by Crippen LogP contribution is 2.06. The minimum absolute atomic E-state index is 0.227. The first-order valence-corrected chi connectivity index (χ1v) is 4.02. The SMILES string of the molecule is CC(C(=O)ON)C(=O)c1ccccn1. The Morgan fingerprint density at radius 3 is 2.71 bits per heavy atom. The summed E-state index contributed by atoms with van der Waals surface area (Å²) in [5.74, 6) is 2.58. The molecule has 1 aromatic rings. The summed E-state index contributed by atoms with van der Waals surface area (Å²) in [6.07, 6.45) is 1.48. The van der Waals surface area contributed by atoms with Gasteiger partial charge in [0.1, 0.15) is 11.6 Å². The summed E-state index contributed by atoms with van der Waals surface area (Å²) in [6.45, 7) is 1.42. The van der Waals surface area contributed by atoms with Crippen LogP contribution in [0.1, 0.15) is 17.4 Å². The molecule has 1 unspecified atom stereocenters. The monoisotopic (exact) mass is 194 g/mol. The average Bonchev–Trinajstić information content (AvgIpc) is 2.27. The Morgan fingerprint density at radius 1 is 1.50 bits per heavy atom. The van der Waals surface area contributed by atoms with Crippen LogP contribution in [0.15, 0.2) is 24.4 Å². The van der Waals surface area contributed by atoms with Crippen LogP contribution < -0.4 is 5.90 Å². The number of ketones is 1. The summed E-state index contributed by atoms with van der Waals surface area (Å²) in [7, 11) is 0. The largest absolute Gasteiger partial charge is 0.373 e. The van der Waals surface area contributed by atoms with Gasteiger partial charge in [0.2, 0.25) is 0 Å². The molecule has 1 heterocycles. The zero-order chi connectivity index (χ0) is 10.6. The van der Waals surface area contributed by atoms with E-state index in [-0.39, 0.29) is 5.69 Å². The predicted octanol–water partition coefficient (Wildman–Crippen LogP) is 0.317. The van der Waals surface area contributed by atoms with E-state index in [0.717, 1.165) is 0 Å². The van der Waals surface area contributed by atoms with Crippen LogP contribution in [0.2, 0.25) is 0 Å². The van der Waals surface area contributed by atoms with Crippen molar-refractivity contribution >= 4 is 11.8 Å². The van der Waals surface area contributed by atoms with E-state index in [4.69, 9.17) is 0 Å². The third-order valence-electron chi connectivity index (χ3n) is 1.78. The molecule has 0 saturated heterocycles. The number of nitrogens with zero attached hydrogens (tertiary/aromatic N) is 1. The van der Waals surface area contributed by atoms with Crippen LogP contribution in [0.3, 0.4) is 0 Å². The van der Waals surface area contributed by atoms with Crippen molar-refractivity contribution in [3.05, 3.63) is 30.1 Å². The van der Waals surface area contributed by atoms with Crippen LogP contribution in [-0.2, 0) is 9.63 Å². The molecule has 0 aliphatic carbocycles. The average molecular weight is 194 g/mol. The molecule has 0 saturated carbocycles. The first kappa shape index (κ1) is 10.3. The van der Waals surface area contributed by atoms with E-state index in [1.165, 1.54) is 19.2 Å². The molecular weight excluding hydrogens is 184 g/mol. The normalized spacial score (nSPS) is 11.9. The zero-order valence-electron chi connectivity index (χ0n) is 7.64. The molecule has 0 amide bonds. The van der Waals surface area contributed by atoms with Gasteiger partial charge in [-0.25, -0.2) is 4.79 Å². The van der Waals surface area contributed by atoms with Gasteiger partial charge in [0.15, 0.2) is 5.78 Å². The molecule has 5 heteroatoms. The number of Topliss-reactive ketones (excluding diaryl/α,β-unsaturated/α-hetero) is 1. The molecule has 0 bridgehead atoms. The lowest BCUT2D eigenvalue weighted by molar-refractivity contribution is -0.146. The summed E-state index contributed by atoms with van der Waals surface area (Å²) in [5, 5.41) is 0. The molecule has 0 aromatic carbocycles. The lowest BCUT2D eigenvalue weighted by Crippen LogP contribution is -2.26. The number of hydrogen-bond acceptors (Lipinski definition) is 5. The second-order valence-electron chi connectivity index (χ2n) is 2.74. The van der Waals surface area contributed by atoms with Crippen molar-refractivity contribution in [1.29, 1.82) is 0 Å². The predicted molar refractivity (Wildman–Crippen MR) is 48.0 cm³/mol. The maximum atomic E-state index is 11.5. The molecule has 0 fully saturated rings. The molecule has 5 nitrogen and oxygen atoms in total. The van der Waals surface area contributed by atoms with Crippen molar-refractivity contribution < 1.29 is 14.4 Å². The summed E-state index contributed by atoms with van der Waals surface area (Å²) >= 11 is 0. The number of carbonyl (C=O) groups excluding carboxylic acids is 2. The fourth-order valence-corrected chi connectivity index (χ4v) is 0.939. The minimum Gasteiger partial charge on any atom is -0.373 e. The number of nitrogens with two attached hydrogens (primary N) is 1. The second kappa shape index (κ2) is 4.48. The maximum absolute atomic E-state index is 11.5. The van der Waals surface area contributed by atoms with E-state index in [1.54, 1.807) is 12.1 Å². The Bertz CT molecular complexity index is 337. The Labute approximate surface area is 80.8 Å². The first-order valence-electron chi connectivity index (χ1n) is 4.02. The Balaban J connectivity index is 2.81. The Hall–Kier alpha value is -1.75. The summed E-state index contributed by atoms with van der Waals surface area (Å²) in [4.78, 5) is 30.2. The van der Waals surface area contributed by atoms with Gasteiger partial charge in [0, 0.05) is 6.20 Å². The van der Waals surface area contributed by atoms with E-state index in [1.807, 2.05) is 0 Å². The van der Waals surface area contributed by atoms with Crippen LogP contribution >= 0.6 is 0 Å². The lowest BCUT2D eigenvalue weighted by Gasteiger charge is -2.05. The fourth-order valence-electron chi connectivity index (χ4n) is 0.939. The topological polar surface area (TPSA) is 82.3 Å². The number of carbonyl (C=O) groups is 2. The summed E-state index contributed by atoms with van der Waals surface area (Å²) < 4.78 is 0. The lowest BCUT2D eigenvalue weighted by atomic mass is 10.0. The number of pyridine rings is 1. The van der Waals surface area contributed by atoms with Crippen molar-refractivity contribution in [3.63, 3.8) is 0 Å². The molecule has 0 aliphatic heterocycles. The Kier molecular flexibility index (Phi) is 3.30. The molecule has 2 N–H and O–H groups in total. The van der Waals surface area contributed by atoms with Crippen LogP contribution in [-0.4, -0.2) is 16.7 Å². The number of aromatic nitrogens is 1.